The molecule has 0 heterocycles. The fourth-order valence-electron chi connectivity index (χ4n) is 1.78. The summed E-state index contributed by atoms with van der Waals surface area (Å²) in [7, 11) is 1.52. The maximum atomic E-state index is 12.9. The van der Waals surface area contributed by atoms with Crippen molar-refractivity contribution < 1.29 is 9.13 Å². The number of nitrogens with one attached hydrogen (secondary N) is 1. The van der Waals surface area contributed by atoms with Crippen molar-refractivity contribution in [1.29, 1.82) is 5.26 Å². The smallest absolute Gasteiger partial charge is 0.136 e. The third-order valence-electron chi connectivity index (χ3n) is 2.80. The van der Waals surface area contributed by atoms with Gasteiger partial charge in [0.15, 0.2) is 0 Å². The Morgan fingerprint density at radius 3 is 2.75 bits per heavy atom. The minimum Gasteiger partial charge on any atom is -0.495 e. The van der Waals surface area contributed by atoms with Gasteiger partial charge in [0, 0.05) is 6.54 Å². The lowest BCUT2D eigenvalue weighted by Crippen LogP contribution is -2.01. The first-order chi connectivity index (χ1) is 9.63. The Balaban J connectivity index is 2.13. The predicted octanol–water partition coefficient (Wildman–Crippen LogP) is 3.97. The Bertz CT molecular complexity index is 667. The van der Waals surface area contributed by atoms with Gasteiger partial charge in [0.05, 0.1) is 23.4 Å². The molecule has 0 saturated carbocycles. The highest BCUT2D eigenvalue weighted by molar-refractivity contribution is 6.33. The molecule has 2 aromatic carbocycles. The van der Waals surface area contributed by atoms with E-state index in [-0.39, 0.29) is 5.82 Å². The number of benzene rings is 2. The van der Waals surface area contributed by atoms with Gasteiger partial charge in [0.25, 0.3) is 0 Å². The Labute approximate surface area is 121 Å². The lowest BCUT2D eigenvalue weighted by Gasteiger charge is -2.10. The highest BCUT2D eigenvalue weighted by Crippen LogP contribution is 2.24. The van der Waals surface area contributed by atoms with E-state index in [1.54, 1.807) is 18.2 Å². The molecule has 0 bridgehead atoms. The van der Waals surface area contributed by atoms with Crippen LogP contribution in [-0.4, -0.2) is 7.11 Å². The zero-order valence-corrected chi connectivity index (χ0v) is 11.5. The molecule has 0 unspecified atom stereocenters. The summed E-state index contributed by atoms with van der Waals surface area (Å²) in [5.74, 6) is 0.160. The normalized spacial score (nSPS) is 9.90. The molecule has 2 rings (SSSR count). The first-order valence-electron chi connectivity index (χ1n) is 5.90. The van der Waals surface area contributed by atoms with Crippen molar-refractivity contribution in [2.75, 3.05) is 12.4 Å². The van der Waals surface area contributed by atoms with Gasteiger partial charge in [0.2, 0.25) is 0 Å². The van der Waals surface area contributed by atoms with Crippen LogP contribution in [0.3, 0.4) is 0 Å². The van der Waals surface area contributed by atoms with Gasteiger partial charge in [-0.1, -0.05) is 17.7 Å². The van der Waals surface area contributed by atoms with Crippen LogP contribution in [0.4, 0.5) is 10.1 Å². The molecule has 5 heteroatoms. The summed E-state index contributed by atoms with van der Waals surface area (Å²) in [4.78, 5) is 0. The molecular formula is C15H12ClFN2O. The van der Waals surface area contributed by atoms with Gasteiger partial charge in [-0.05, 0) is 35.9 Å². The van der Waals surface area contributed by atoms with E-state index in [0.29, 0.717) is 28.6 Å². The second-order valence-electron chi connectivity index (χ2n) is 4.12. The van der Waals surface area contributed by atoms with E-state index in [1.807, 2.05) is 6.07 Å². The molecule has 0 amide bonds. The summed E-state index contributed by atoms with van der Waals surface area (Å²) in [6.45, 7) is 0.476. The van der Waals surface area contributed by atoms with Crippen molar-refractivity contribution in [3.8, 4) is 11.8 Å². The molecule has 20 heavy (non-hydrogen) atoms. The number of hydrogen-bond acceptors (Lipinski definition) is 3. The molecule has 0 spiro atoms. The van der Waals surface area contributed by atoms with Crippen LogP contribution in [0, 0.1) is 17.1 Å². The van der Waals surface area contributed by atoms with Crippen LogP contribution in [0.1, 0.15) is 11.1 Å². The quantitative estimate of drug-likeness (QED) is 0.926. The maximum absolute atomic E-state index is 12.9. The molecule has 0 fully saturated rings. The predicted molar refractivity (Wildman–Crippen MR) is 76.4 cm³/mol. The van der Waals surface area contributed by atoms with E-state index in [0.717, 1.165) is 5.56 Å². The zero-order chi connectivity index (χ0) is 14.5. The van der Waals surface area contributed by atoms with Gasteiger partial charge in [0.1, 0.15) is 17.6 Å². The Hall–Kier alpha value is -2.25. The van der Waals surface area contributed by atoms with Crippen LogP contribution in [0.2, 0.25) is 5.02 Å². The van der Waals surface area contributed by atoms with E-state index in [4.69, 9.17) is 21.6 Å². The molecular weight excluding hydrogens is 279 g/mol. The van der Waals surface area contributed by atoms with Crippen LogP contribution in [0.25, 0.3) is 0 Å². The van der Waals surface area contributed by atoms with Gasteiger partial charge >= 0.3 is 0 Å². The highest BCUT2D eigenvalue weighted by Gasteiger charge is 2.05. The topological polar surface area (TPSA) is 45.0 Å². The number of nitriles is 1. The zero-order valence-electron chi connectivity index (χ0n) is 10.8. The maximum Gasteiger partial charge on any atom is 0.136 e. The lowest BCUT2D eigenvalue weighted by atomic mass is 10.1. The highest BCUT2D eigenvalue weighted by atomic mass is 35.5. The number of halogens is 2. The number of rotatable bonds is 4. The molecule has 0 aliphatic rings. The molecule has 0 saturated heterocycles. The molecule has 2 aromatic rings. The SMILES string of the molecule is COc1ccc(CNc2ccc(F)cc2Cl)cc1C#N. The van der Waals surface area contributed by atoms with Crippen LogP contribution < -0.4 is 10.1 Å². The van der Waals surface area contributed by atoms with Crippen molar-refractivity contribution in [3.05, 3.63) is 58.4 Å². The van der Waals surface area contributed by atoms with Crippen LogP contribution in [0.15, 0.2) is 36.4 Å². The minimum absolute atomic E-state index is 0.319. The standard InChI is InChI=1S/C15H12ClFN2O/c1-20-15-5-2-10(6-11(15)8-18)9-19-14-4-3-12(17)7-13(14)16/h2-7,19H,9H2,1H3. The summed E-state index contributed by atoms with van der Waals surface area (Å²) in [5, 5.41) is 12.4. The van der Waals surface area contributed by atoms with Gasteiger partial charge in [-0.15, -0.1) is 0 Å². The van der Waals surface area contributed by atoms with E-state index >= 15 is 0 Å². The fourth-order valence-corrected chi connectivity index (χ4v) is 2.02. The summed E-state index contributed by atoms with van der Waals surface area (Å²) in [6.07, 6.45) is 0. The monoisotopic (exact) mass is 290 g/mol. The first kappa shape index (κ1) is 14.2. The number of methoxy groups -OCH3 is 1. The second-order valence-corrected chi connectivity index (χ2v) is 4.53. The van der Waals surface area contributed by atoms with Crippen molar-refractivity contribution >= 4 is 17.3 Å². The van der Waals surface area contributed by atoms with Crippen molar-refractivity contribution in [2.45, 2.75) is 6.54 Å². The first-order valence-corrected chi connectivity index (χ1v) is 6.28. The Kier molecular flexibility index (Phi) is 4.44. The summed E-state index contributed by atoms with van der Waals surface area (Å²) in [5.41, 5.74) is 2.02. The summed E-state index contributed by atoms with van der Waals surface area (Å²) >= 11 is 5.93. The lowest BCUT2D eigenvalue weighted by molar-refractivity contribution is 0.413. The third-order valence-corrected chi connectivity index (χ3v) is 3.11. The van der Waals surface area contributed by atoms with Crippen LogP contribution >= 0.6 is 11.6 Å². The number of nitrogens with zero attached hydrogens (tertiary/aromatic N) is 1. The van der Waals surface area contributed by atoms with Gasteiger partial charge in [-0.25, -0.2) is 4.39 Å². The summed E-state index contributed by atoms with van der Waals surface area (Å²) < 4.78 is 18.0. The van der Waals surface area contributed by atoms with E-state index in [2.05, 4.69) is 11.4 Å². The molecule has 3 nitrogen and oxygen atoms in total. The van der Waals surface area contributed by atoms with E-state index in [9.17, 15) is 4.39 Å². The average molecular weight is 291 g/mol. The Morgan fingerprint density at radius 2 is 2.10 bits per heavy atom. The fraction of sp³-hybridized carbons (Fsp3) is 0.133. The number of anilines is 1. The van der Waals surface area contributed by atoms with Crippen LogP contribution in [-0.2, 0) is 6.54 Å². The van der Waals surface area contributed by atoms with E-state index in [1.165, 1.54) is 19.2 Å². The van der Waals surface area contributed by atoms with E-state index < -0.39 is 0 Å². The largest absolute Gasteiger partial charge is 0.495 e. The Morgan fingerprint density at radius 1 is 1.30 bits per heavy atom. The van der Waals surface area contributed by atoms with Crippen molar-refractivity contribution in [3.63, 3.8) is 0 Å². The van der Waals surface area contributed by atoms with Gasteiger partial charge in [-0.3, -0.25) is 0 Å². The second kappa shape index (κ2) is 6.27. The molecule has 1 N–H and O–H groups in total. The van der Waals surface area contributed by atoms with Crippen molar-refractivity contribution in [1.82, 2.24) is 0 Å². The molecule has 102 valence electrons. The molecule has 0 radical (unpaired) electrons. The van der Waals surface area contributed by atoms with Gasteiger partial charge in [-0.2, -0.15) is 5.26 Å². The molecule has 0 aliphatic heterocycles. The number of hydrogen-bond donors (Lipinski definition) is 1. The van der Waals surface area contributed by atoms with Gasteiger partial charge < -0.3 is 10.1 Å². The molecule has 0 aliphatic carbocycles. The summed E-state index contributed by atoms with van der Waals surface area (Å²) in [6, 6.07) is 11.6. The van der Waals surface area contributed by atoms with Crippen molar-refractivity contribution in [2.24, 2.45) is 0 Å². The molecule has 0 aromatic heterocycles. The third kappa shape index (κ3) is 3.19. The molecule has 0 atom stereocenters. The minimum atomic E-state index is -0.378. The number of ether oxygens (including phenoxy) is 1. The average Bonchev–Trinajstić information content (AvgIpc) is 2.46. The van der Waals surface area contributed by atoms with Crippen LogP contribution in [0.5, 0.6) is 5.75 Å².